The minimum Gasteiger partial charge on any atom is -0.454 e. The molecule has 4 heteroatoms. The van der Waals surface area contributed by atoms with E-state index in [2.05, 4.69) is 44.1 Å². The fourth-order valence-electron chi connectivity index (χ4n) is 3.01. The minimum atomic E-state index is 0. The fraction of sp³-hybridized carbons (Fsp3) is 0.500. The highest BCUT2D eigenvalue weighted by Gasteiger charge is 2.29. The van der Waals surface area contributed by atoms with Crippen molar-refractivity contribution in [2.75, 3.05) is 20.9 Å². The van der Waals surface area contributed by atoms with Gasteiger partial charge >= 0.3 is 0 Å². The molecular weight excluding hydrogens is 274 g/mol. The van der Waals surface area contributed by atoms with Crippen LogP contribution >= 0.6 is 12.4 Å². The van der Waals surface area contributed by atoms with Gasteiger partial charge in [-0.05, 0) is 55.8 Å². The summed E-state index contributed by atoms with van der Waals surface area (Å²) in [6.07, 6.45) is 5.98. The summed E-state index contributed by atoms with van der Waals surface area (Å²) in [6, 6.07) is 4.65. The summed E-state index contributed by atoms with van der Waals surface area (Å²) in [6.45, 7) is 2.58. The van der Waals surface area contributed by atoms with Crippen LogP contribution in [-0.2, 0) is 0 Å². The molecule has 20 heavy (non-hydrogen) atoms. The number of benzene rings is 1. The van der Waals surface area contributed by atoms with Crippen molar-refractivity contribution in [2.24, 2.45) is 0 Å². The fourth-order valence-corrected chi connectivity index (χ4v) is 3.01. The van der Waals surface area contributed by atoms with Crippen LogP contribution in [0.1, 0.15) is 43.4 Å². The lowest BCUT2D eigenvalue weighted by Crippen LogP contribution is -2.20. The Labute approximate surface area is 127 Å². The summed E-state index contributed by atoms with van der Waals surface area (Å²) in [7, 11) is 4.29. The maximum atomic E-state index is 5.50. The van der Waals surface area contributed by atoms with Crippen LogP contribution in [0, 0.1) is 0 Å². The Balaban J connectivity index is 0.00000147. The van der Waals surface area contributed by atoms with Gasteiger partial charge in [-0.3, -0.25) is 4.90 Å². The first-order chi connectivity index (χ1) is 9.20. The highest BCUT2D eigenvalue weighted by atomic mass is 35.5. The number of rotatable bonds is 4. The summed E-state index contributed by atoms with van der Waals surface area (Å²) >= 11 is 0. The lowest BCUT2D eigenvalue weighted by atomic mass is 9.99. The van der Waals surface area contributed by atoms with Gasteiger partial charge in [0.25, 0.3) is 0 Å². The van der Waals surface area contributed by atoms with E-state index in [1.54, 1.807) is 0 Å². The lowest BCUT2D eigenvalue weighted by Gasteiger charge is -2.24. The Bertz CT molecular complexity index is 525. The first-order valence-corrected chi connectivity index (χ1v) is 7.01. The second-order valence-electron chi connectivity index (χ2n) is 5.52. The van der Waals surface area contributed by atoms with Crippen molar-refractivity contribution in [3.8, 4) is 11.5 Å². The van der Waals surface area contributed by atoms with Crippen molar-refractivity contribution in [2.45, 2.75) is 32.2 Å². The maximum absolute atomic E-state index is 5.50. The Morgan fingerprint density at radius 1 is 1.20 bits per heavy atom. The Kier molecular flexibility index (Phi) is 4.61. The van der Waals surface area contributed by atoms with Crippen LogP contribution < -0.4 is 9.47 Å². The van der Waals surface area contributed by atoms with Crippen LogP contribution in [-0.4, -0.2) is 25.8 Å². The zero-order chi connectivity index (χ0) is 13.4. The van der Waals surface area contributed by atoms with Gasteiger partial charge in [-0.2, -0.15) is 0 Å². The van der Waals surface area contributed by atoms with Crippen LogP contribution in [0.25, 0.3) is 6.08 Å². The van der Waals surface area contributed by atoms with E-state index in [9.17, 15) is 0 Å². The second kappa shape index (κ2) is 6.06. The topological polar surface area (TPSA) is 21.7 Å². The average molecular weight is 296 g/mol. The molecule has 2 aliphatic rings. The van der Waals surface area contributed by atoms with Crippen LogP contribution in [0.3, 0.4) is 0 Å². The highest BCUT2D eigenvalue weighted by molar-refractivity contribution is 5.85. The van der Waals surface area contributed by atoms with Gasteiger partial charge in [-0.25, -0.2) is 0 Å². The van der Waals surface area contributed by atoms with Gasteiger partial charge in [0.1, 0.15) is 0 Å². The van der Waals surface area contributed by atoms with Gasteiger partial charge in [0.2, 0.25) is 6.79 Å². The van der Waals surface area contributed by atoms with Gasteiger partial charge in [0.15, 0.2) is 11.5 Å². The van der Waals surface area contributed by atoms with Crippen LogP contribution in [0.15, 0.2) is 17.7 Å². The molecule has 0 radical (unpaired) electrons. The number of halogens is 1. The van der Waals surface area contributed by atoms with Gasteiger partial charge < -0.3 is 9.47 Å². The minimum absolute atomic E-state index is 0. The first kappa shape index (κ1) is 15.2. The van der Waals surface area contributed by atoms with Crippen LogP contribution in [0.5, 0.6) is 11.5 Å². The van der Waals surface area contributed by atoms with E-state index in [1.807, 2.05) is 0 Å². The Hall–Kier alpha value is -1.19. The zero-order valence-corrected chi connectivity index (χ0v) is 13.1. The smallest absolute Gasteiger partial charge is 0.231 e. The third-order valence-corrected chi connectivity index (χ3v) is 3.90. The molecule has 1 heterocycles. The summed E-state index contributed by atoms with van der Waals surface area (Å²) in [5.41, 5.74) is 4.14. The van der Waals surface area contributed by atoms with E-state index < -0.39 is 0 Å². The molecule has 1 unspecified atom stereocenters. The SMILES string of the molecule is CCCCC1=Cc2cc3c(cc2C1N(C)C)OCO3.Cl. The molecule has 3 rings (SSSR count). The number of fused-ring (bicyclic) bond motifs is 2. The number of hydrogen-bond donors (Lipinski definition) is 0. The molecule has 1 aromatic rings. The van der Waals surface area contributed by atoms with Gasteiger partial charge in [-0.1, -0.05) is 19.4 Å². The second-order valence-corrected chi connectivity index (χ2v) is 5.52. The van der Waals surface area contributed by atoms with E-state index in [-0.39, 0.29) is 12.4 Å². The van der Waals surface area contributed by atoms with Crippen molar-refractivity contribution < 1.29 is 9.47 Å². The predicted molar refractivity (Wildman–Crippen MR) is 83.7 cm³/mol. The lowest BCUT2D eigenvalue weighted by molar-refractivity contribution is 0.174. The first-order valence-electron chi connectivity index (χ1n) is 7.01. The molecule has 0 amide bonds. The molecule has 0 saturated heterocycles. The van der Waals surface area contributed by atoms with Gasteiger partial charge in [-0.15, -0.1) is 12.4 Å². The van der Waals surface area contributed by atoms with Crippen molar-refractivity contribution in [1.82, 2.24) is 4.90 Å². The molecule has 1 aliphatic carbocycles. The van der Waals surface area contributed by atoms with E-state index in [1.165, 1.54) is 36.0 Å². The molecule has 0 saturated carbocycles. The average Bonchev–Trinajstić information content (AvgIpc) is 2.95. The molecule has 1 aromatic carbocycles. The van der Waals surface area contributed by atoms with E-state index in [4.69, 9.17) is 9.47 Å². The maximum Gasteiger partial charge on any atom is 0.231 e. The van der Waals surface area contributed by atoms with E-state index in [0.29, 0.717) is 12.8 Å². The molecule has 3 nitrogen and oxygen atoms in total. The quantitative estimate of drug-likeness (QED) is 0.837. The largest absolute Gasteiger partial charge is 0.454 e. The number of likely N-dealkylation sites (N-methyl/N-ethyl adjacent to an activating group) is 1. The summed E-state index contributed by atoms with van der Waals surface area (Å²) in [4.78, 5) is 2.29. The molecule has 0 fully saturated rings. The molecule has 0 spiro atoms. The highest BCUT2D eigenvalue weighted by Crippen LogP contribution is 2.45. The summed E-state index contributed by atoms with van der Waals surface area (Å²) in [5, 5.41) is 0. The van der Waals surface area contributed by atoms with Crippen molar-refractivity contribution >= 4 is 18.5 Å². The Morgan fingerprint density at radius 2 is 1.90 bits per heavy atom. The molecule has 0 bridgehead atoms. The van der Waals surface area contributed by atoms with Crippen molar-refractivity contribution in [3.05, 3.63) is 28.8 Å². The van der Waals surface area contributed by atoms with Crippen LogP contribution in [0.4, 0.5) is 0 Å². The third kappa shape index (κ3) is 2.52. The summed E-state index contributed by atoms with van der Waals surface area (Å²) < 4.78 is 11.0. The monoisotopic (exact) mass is 295 g/mol. The van der Waals surface area contributed by atoms with Crippen molar-refractivity contribution in [1.29, 1.82) is 0 Å². The zero-order valence-electron chi connectivity index (χ0n) is 12.3. The molecule has 1 aliphatic heterocycles. The van der Waals surface area contributed by atoms with Crippen LogP contribution in [0.2, 0.25) is 0 Å². The van der Waals surface area contributed by atoms with Gasteiger partial charge in [0.05, 0.1) is 6.04 Å². The van der Waals surface area contributed by atoms with Crippen molar-refractivity contribution in [3.63, 3.8) is 0 Å². The predicted octanol–water partition coefficient (Wildman–Crippen LogP) is 4.03. The molecule has 110 valence electrons. The normalized spacial score (nSPS) is 18.8. The molecule has 0 aromatic heterocycles. The third-order valence-electron chi connectivity index (χ3n) is 3.90. The number of unbranched alkanes of at least 4 members (excludes halogenated alkanes) is 1. The van der Waals surface area contributed by atoms with E-state index in [0.717, 1.165) is 11.5 Å². The number of hydrogen-bond acceptors (Lipinski definition) is 3. The van der Waals surface area contributed by atoms with E-state index >= 15 is 0 Å². The number of ether oxygens (including phenoxy) is 2. The van der Waals surface area contributed by atoms with Gasteiger partial charge in [0, 0.05) is 0 Å². The molecular formula is C16H22ClNO2. The molecule has 1 atom stereocenters. The molecule has 0 N–H and O–H groups in total. The standard InChI is InChI=1S/C16H21NO2.ClH/c1-4-5-6-11-7-12-8-14-15(19-10-18-14)9-13(12)16(11)17(2)3;/h7-9,16H,4-6,10H2,1-3H3;1H. The summed E-state index contributed by atoms with van der Waals surface area (Å²) in [5.74, 6) is 1.76. The number of nitrogens with zero attached hydrogens (tertiary/aromatic N) is 1. The Morgan fingerprint density at radius 3 is 2.55 bits per heavy atom.